The second-order valence-electron chi connectivity index (χ2n) is 6.07. The van der Waals surface area contributed by atoms with Crippen LogP contribution in [0.4, 0.5) is 0 Å². The van der Waals surface area contributed by atoms with Crippen molar-refractivity contribution in [3.8, 4) is 0 Å². The van der Waals surface area contributed by atoms with E-state index in [2.05, 4.69) is 0 Å². The Morgan fingerprint density at radius 2 is 1.95 bits per heavy atom. The van der Waals surface area contributed by atoms with Gasteiger partial charge in [-0.1, -0.05) is 26.2 Å². The van der Waals surface area contributed by atoms with Crippen LogP contribution in [0.5, 0.6) is 0 Å². The molecular weight excluding hydrogens is 276 g/mol. The van der Waals surface area contributed by atoms with Crippen LogP contribution in [0, 0.1) is 0 Å². The molecule has 0 bridgehead atoms. The Hall–Kier alpha value is -0.170. The van der Waals surface area contributed by atoms with Crippen molar-refractivity contribution in [3.63, 3.8) is 0 Å². The molecule has 1 unspecified atom stereocenters. The fraction of sp³-hybridized carbons (Fsp3) is 1.00. The Labute approximate surface area is 122 Å². The first-order valence-corrected chi connectivity index (χ1v) is 9.47. The van der Waals surface area contributed by atoms with Gasteiger partial charge in [0, 0.05) is 25.2 Å². The van der Waals surface area contributed by atoms with Crippen LogP contribution in [0.3, 0.4) is 0 Å². The summed E-state index contributed by atoms with van der Waals surface area (Å²) in [6.07, 6.45) is 6.80. The molecular formula is C14H28N2O3S. The van der Waals surface area contributed by atoms with Crippen LogP contribution in [-0.4, -0.2) is 49.8 Å². The number of ether oxygens (including phenoxy) is 1. The summed E-state index contributed by atoms with van der Waals surface area (Å²) in [6, 6.07) is 0. The maximum absolute atomic E-state index is 12.8. The maximum Gasteiger partial charge on any atom is 0.217 e. The molecule has 1 aliphatic carbocycles. The highest BCUT2D eigenvalue weighted by Gasteiger charge is 2.43. The second-order valence-corrected chi connectivity index (χ2v) is 8.01. The molecule has 6 heteroatoms. The van der Waals surface area contributed by atoms with E-state index in [0.29, 0.717) is 19.7 Å². The van der Waals surface area contributed by atoms with E-state index in [1.807, 2.05) is 6.92 Å². The van der Waals surface area contributed by atoms with E-state index in [1.54, 1.807) is 4.31 Å². The summed E-state index contributed by atoms with van der Waals surface area (Å²) in [7, 11) is -3.30. The van der Waals surface area contributed by atoms with Crippen molar-refractivity contribution in [1.29, 1.82) is 0 Å². The maximum atomic E-state index is 12.8. The third kappa shape index (κ3) is 3.35. The molecule has 1 atom stereocenters. The van der Waals surface area contributed by atoms with E-state index in [9.17, 15) is 8.42 Å². The van der Waals surface area contributed by atoms with Gasteiger partial charge in [0.1, 0.15) is 0 Å². The molecule has 0 aromatic rings. The van der Waals surface area contributed by atoms with Crippen molar-refractivity contribution in [2.24, 2.45) is 5.73 Å². The van der Waals surface area contributed by atoms with Crippen molar-refractivity contribution >= 4 is 10.0 Å². The number of sulfonamides is 1. The highest BCUT2D eigenvalue weighted by atomic mass is 32.2. The van der Waals surface area contributed by atoms with E-state index >= 15 is 0 Å². The van der Waals surface area contributed by atoms with E-state index in [0.717, 1.165) is 38.5 Å². The standard InChI is InChI=1S/C14H28N2O3S/c1-2-16(14(12-15)8-4-3-5-9-14)20(17,18)11-13-7-6-10-19-13/h13H,2-12,15H2,1H3. The molecule has 5 nitrogen and oxygen atoms in total. The summed E-state index contributed by atoms with van der Waals surface area (Å²) in [5.41, 5.74) is 5.63. The summed E-state index contributed by atoms with van der Waals surface area (Å²) in [5, 5.41) is 0. The summed E-state index contributed by atoms with van der Waals surface area (Å²) in [4.78, 5) is 0. The lowest BCUT2D eigenvalue weighted by atomic mass is 9.81. The minimum absolute atomic E-state index is 0.114. The van der Waals surface area contributed by atoms with Gasteiger partial charge in [0.2, 0.25) is 10.0 Å². The number of nitrogens with zero attached hydrogens (tertiary/aromatic N) is 1. The zero-order valence-corrected chi connectivity index (χ0v) is 13.3. The lowest BCUT2D eigenvalue weighted by molar-refractivity contribution is 0.118. The number of hydrogen-bond donors (Lipinski definition) is 1. The molecule has 1 aliphatic heterocycles. The second kappa shape index (κ2) is 6.73. The molecule has 1 saturated heterocycles. The van der Waals surface area contributed by atoms with Gasteiger partial charge in [0.05, 0.1) is 11.9 Å². The molecule has 2 aliphatic rings. The van der Waals surface area contributed by atoms with Crippen LogP contribution in [0.25, 0.3) is 0 Å². The molecule has 0 radical (unpaired) electrons. The van der Waals surface area contributed by atoms with Gasteiger partial charge in [0.15, 0.2) is 0 Å². The molecule has 2 rings (SSSR count). The largest absolute Gasteiger partial charge is 0.377 e. The summed E-state index contributed by atoms with van der Waals surface area (Å²) < 4.78 is 32.7. The van der Waals surface area contributed by atoms with E-state index in [-0.39, 0.29) is 17.4 Å². The molecule has 0 spiro atoms. The summed E-state index contributed by atoms with van der Waals surface area (Å²) in [5.74, 6) is 0.114. The van der Waals surface area contributed by atoms with Crippen LogP contribution in [0.2, 0.25) is 0 Å². The minimum atomic E-state index is -3.30. The molecule has 1 saturated carbocycles. The Kier molecular flexibility index (Phi) is 5.45. The molecule has 2 N–H and O–H groups in total. The van der Waals surface area contributed by atoms with E-state index in [1.165, 1.54) is 6.42 Å². The normalized spacial score (nSPS) is 27.1. The van der Waals surface area contributed by atoms with Crippen LogP contribution < -0.4 is 5.73 Å². The van der Waals surface area contributed by atoms with Gasteiger partial charge in [0.25, 0.3) is 0 Å². The molecule has 118 valence electrons. The minimum Gasteiger partial charge on any atom is -0.377 e. The average molecular weight is 304 g/mol. The van der Waals surface area contributed by atoms with Crippen molar-refractivity contribution in [1.82, 2.24) is 4.31 Å². The quantitative estimate of drug-likeness (QED) is 0.806. The fourth-order valence-corrected chi connectivity index (χ4v) is 5.85. The number of hydrogen-bond acceptors (Lipinski definition) is 4. The molecule has 0 aromatic heterocycles. The Morgan fingerprint density at radius 1 is 1.25 bits per heavy atom. The first kappa shape index (κ1) is 16.2. The van der Waals surface area contributed by atoms with E-state index in [4.69, 9.17) is 10.5 Å². The van der Waals surface area contributed by atoms with Crippen molar-refractivity contribution in [3.05, 3.63) is 0 Å². The van der Waals surface area contributed by atoms with Crippen molar-refractivity contribution in [2.75, 3.05) is 25.4 Å². The highest BCUT2D eigenvalue weighted by molar-refractivity contribution is 7.89. The third-order valence-electron chi connectivity index (χ3n) is 4.74. The van der Waals surface area contributed by atoms with Gasteiger partial charge >= 0.3 is 0 Å². The Bertz CT molecular complexity index is 399. The SMILES string of the molecule is CCN(C1(CN)CCCCC1)S(=O)(=O)CC1CCCO1. The number of nitrogens with two attached hydrogens (primary N) is 1. The number of rotatable bonds is 6. The van der Waals surface area contributed by atoms with Gasteiger partial charge in [-0.05, 0) is 25.7 Å². The van der Waals surface area contributed by atoms with Crippen molar-refractivity contribution < 1.29 is 13.2 Å². The fourth-order valence-electron chi connectivity index (χ4n) is 3.69. The monoisotopic (exact) mass is 304 g/mol. The molecule has 0 aromatic carbocycles. The Morgan fingerprint density at radius 3 is 2.45 bits per heavy atom. The molecule has 1 heterocycles. The smallest absolute Gasteiger partial charge is 0.217 e. The first-order chi connectivity index (χ1) is 9.54. The van der Waals surface area contributed by atoms with E-state index < -0.39 is 10.0 Å². The topological polar surface area (TPSA) is 72.6 Å². The lowest BCUT2D eigenvalue weighted by Crippen LogP contribution is -2.58. The predicted octanol–water partition coefficient (Wildman–Crippen LogP) is 1.48. The van der Waals surface area contributed by atoms with Crippen LogP contribution in [0.15, 0.2) is 0 Å². The average Bonchev–Trinajstić information content (AvgIpc) is 2.92. The zero-order chi connectivity index (χ0) is 14.6. The summed E-state index contributed by atoms with van der Waals surface area (Å²) in [6.45, 7) is 3.53. The summed E-state index contributed by atoms with van der Waals surface area (Å²) >= 11 is 0. The number of likely N-dealkylation sites (N-methyl/N-ethyl adjacent to an activating group) is 1. The van der Waals surface area contributed by atoms with Crippen molar-refractivity contribution in [2.45, 2.75) is 63.5 Å². The highest BCUT2D eigenvalue weighted by Crippen LogP contribution is 2.35. The first-order valence-electron chi connectivity index (χ1n) is 7.86. The van der Waals surface area contributed by atoms with Gasteiger partial charge in [-0.25, -0.2) is 8.42 Å². The Balaban J connectivity index is 2.15. The van der Waals surface area contributed by atoms with Crippen LogP contribution >= 0.6 is 0 Å². The molecule has 20 heavy (non-hydrogen) atoms. The van der Waals surface area contributed by atoms with Gasteiger partial charge in [-0.2, -0.15) is 4.31 Å². The van der Waals surface area contributed by atoms with Crippen LogP contribution in [0.1, 0.15) is 51.9 Å². The van der Waals surface area contributed by atoms with Gasteiger partial charge in [-0.3, -0.25) is 0 Å². The zero-order valence-electron chi connectivity index (χ0n) is 12.5. The lowest BCUT2D eigenvalue weighted by Gasteiger charge is -2.44. The van der Waals surface area contributed by atoms with Crippen LogP contribution in [-0.2, 0) is 14.8 Å². The predicted molar refractivity (Wildman–Crippen MR) is 80.0 cm³/mol. The van der Waals surface area contributed by atoms with Gasteiger partial charge < -0.3 is 10.5 Å². The van der Waals surface area contributed by atoms with Gasteiger partial charge in [-0.15, -0.1) is 0 Å². The molecule has 2 fully saturated rings. The molecule has 0 amide bonds. The third-order valence-corrected chi connectivity index (χ3v) is 6.85.